The summed E-state index contributed by atoms with van der Waals surface area (Å²) in [5.74, 6) is -1.04. The van der Waals surface area contributed by atoms with Gasteiger partial charge < -0.3 is 19.5 Å². The first-order valence-corrected chi connectivity index (χ1v) is 14.2. The fourth-order valence-electron chi connectivity index (χ4n) is 5.32. The van der Waals surface area contributed by atoms with Crippen molar-refractivity contribution in [2.45, 2.75) is 51.5 Å². The predicted molar refractivity (Wildman–Crippen MR) is 161 cm³/mol. The second kappa shape index (κ2) is 11.4. The number of fused-ring (bicyclic) bond motifs is 1. The number of benzene rings is 3. The molecule has 0 aliphatic carbocycles. The Labute approximate surface area is 243 Å². The Morgan fingerprint density at radius 2 is 1.83 bits per heavy atom. The molecule has 0 saturated heterocycles. The average Bonchev–Trinajstić information content (AvgIpc) is 3.37. The Morgan fingerprint density at radius 3 is 2.54 bits per heavy atom. The van der Waals surface area contributed by atoms with Gasteiger partial charge in [0.15, 0.2) is 0 Å². The molecule has 41 heavy (non-hydrogen) atoms. The van der Waals surface area contributed by atoms with Crippen molar-refractivity contribution in [1.29, 1.82) is 0 Å². The highest BCUT2D eigenvalue weighted by Crippen LogP contribution is 2.44. The van der Waals surface area contributed by atoms with E-state index in [0.717, 1.165) is 38.4 Å². The minimum Gasteiger partial charge on any atom is -0.496 e. The number of esters is 2. The number of allylic oxidation sites excluding steroid dienone is 3. The maximum absolute atomic E-state index is 14.1. The van der Waals surface area contributed by atoms with Crippen LogP contribution in [0.15, 0.2) is 71.7 Å². The molecular weight excluding hydrogens is 541 g/mol. The van der Waals surface area contributed by atoms with Gasteiger partial charge in [-0.2, -0.15) is 0 Å². The lowest BCUT2D eigenvalue weighted by molar-refractivity contribution is -0.144. The van der Waals surface area contributed by atoms with Crippen molar-refractivity contribution in [3.63, 3.8) is 0 Å². The van der Waals surface area contributed by atoms with Crippen LogP contribution < -0.4 is 14.8 Å². The van der Waals surface area contributed by atoms with E-state index in [-0.39, 0.29) is 34.7 Å². The molecule has 0 aromatic heterocycles. The van der Waals surface area contributed by atoms with Gasteiger partial charge in [0.25, 0.3) is 0 Å². The summed E-state index contributed by atoms with van der Waals surface area (Å²) in [6.45, 7) is 8.33. The largest absolute Gasteiger partial charge is 0.496 e. The van der Waals surface area contributed by atoms with E-state index in [0.29, 0.717) is 12.2 Å². The fraction of sp³-hybridized carbons (Fsp3) is 0.273. The Morgan fingerprint density at radius 1 is 1.07 bits per heavy atom. The summed E-state index contributed by atoms with van der Waals surface area (Å²) in [5.41, 5.74) is 5.00. The van der Waals surface area contributed by atoms with Gasteiger partial charge in [0.2, 0.25) is 0 Å². The number of carbonyl (C=O) groups excluding carboxylic acids is 2. The maximum Gasteiger partial charge on any atom is 0.346 e. The van der Waals surface area contributed by atoms with E-state index in [1.54, 1.807) is 24.3 Å². The van der Waals surface area contributed by atoms with Gasteiger partial charge in [0.05, 0.1) is 18.2 Å². The lowest BCUT2D eigenvalue weighted by Gasteiger charge is -2.33. The molecule has 1 unspecified atom stereocenters. The molecule has 2 heterocycles. The third-order valence-corrected chi connectivity index (χ3v) is 8.29. The number of thioether (sulfide) groups is 1. The predicted octanol–water partition coefficient (Wildman–Crippen LogP) is 7.78. The highest BCUT2D eigenvalue weighted by Gasteiger charge is 2.29. The van der Waals surface area contributed by atoms with Crippen LogP contribution in [0.25, 0.3) is 16.7 Å². The lowest BCUT2D eigenvalue weighted by atomic mass is 9.85. The van der Waals surface area contributed by atoms with Crippen molar-refractivity contribution in [3.05, 3.63) is 94.2 Å². The van der Waals surface area contributed by atoms with E-state index in [1.807, 2.05) is 19.1 Å². The second-order valence-electron chi connectivity index (χ2n) is 10.7. The number of ether oxygens (including phenoxy) is 3. The minimum atomic E-state index is -0.803. The standard InChI is InChI=1S/C33H32FNO5S/c1-19-17-33(3,4)35-27-14-13-22(25(30(19)27)18-39-32(37)29-15-10-20(2)41-29)23-12-11-21(16-28(23)38-5)40-31(36)24-8-6-7-9-26(24)34/h6-14,16-17,29,35H,15,18H2,1-5H3. The van der Waals surface area contributed by atoms with E-state index < -0.39 is 11.8 Å². The monoisotopic (exact) mass is 573 g/mol. The van der Waals surface area contributed by atoms with Crippen LogP contribution in [0.4, 0.5) is 10.1 Å². The zero-order chi connectivity index (χ0) is 29.3. The summed E-state index contributed by atoms with van der Waals surface area (Å²) < 4.78 is 31.2. The molecule has 0 fully saturated rings. The molecule has 1 atom stereocenters. The first-order chi connectivity index (χ1) is 19.6. The molecule has 1 N–H and O–H groups in total. The minimum absolute atomic E-state index is 0.0773. The number of nitrogens with one attached hydrogen (secondary N) is 1. The first-order valence-electron chi connectivity index (χ1n) is 13.4. The number of methoxy groups -OCH3 is 1. The normalized spacial score (nSPS) is 17.1. The third kappa shape index (κ3) is 6.03. The van der Waals surface area contributed by atoms with Crippen molar-refractivity contribution in [3.8, 4) is 22.6 Å². The molecule has 5 rings (SSSR count). The molecule has 6 nitrogen and oxygen atoms in total. The Bertz CT molecular complexity index is 1590. The lowest BCUT2D eigenvalue weighted by Crippen LogP contribution is -2.32. The highest BCUT2D eigenvalue weighted by molar-refractivity contribution is 8.04. The van der Waals surface area contributed by atoms with Gasteiger partial charge in [-0.25, -0.2) is 9.18 Å². The number of halogens is 1. The molecule has 3 aromatic rings. The molecule has 2 aliphatic rings. The van der Waals surface area contributed by atoms with Gasteiger partial charge in [-0.1, -0.05) is 30.4 Å². The van der Waals surface area contributed by atoms with Crippen LogP contribution in [-0.4, -0.2) is 29.8 Å². The average molecular weight is 574 g/mol. The van der Waals surface area contributed by atoms with Crippen LogP contribution in [0.2, 0.25) is 0 Å². The third-order valence-electron chi connectivity index (χ3n) is 7.08. The molecule has 0 amide bonds. The first kappa shape index (κ1) is 28.5. The van der Waals surface area contributed by atoms with Crippen molar-refractivity contribution in [1.82, 2.24) is 0 Å². The van der Waals surface area contributed by atoms with Crippen LogP contribution >= 0.6 is 11.8 Å². The van der Waals surface area contributed by atoms with E-state index in [9.17, 15) is 14.0 Å². The van der Waals surface area contributed by atoms with Crippen molar-refractivity contribution >= 4 is 35.0 Å². The van der Waals surface area contributed by atoms with Gasteiger partial charge in [0, 0.05) is 28.4 Å². The van der Waals surface area contributed by atoms with Crippen LogP contribution in [0.1, 0.15) is 55.6 Å². The second-order valence-corrected chi connectivity index (χ2v) is 12.1. The summed E-state index contributed by atoms with van der Waals surface area (Å²) in [4.78, 5) is 26.7. The van der Waals surface area contributed by atoms with E-state index in [2.05, 4.69) is 38.2 Å². The van der Waals surface area contributed by atoms with Gasteiger partial charge in [-0.3, -0.25) is 4.79 Å². The van der Waals surface area contributed by atoms with Crippen LogP contribution in [0.5, 0.6) is 11.5 Å². The summed E-state index contributed by atoms with van der Waals surface area (Å²) in [5, 5.41) is 3.32. The van der Waals surface area contributed by atoms with E-state index in [4.69, 9.17) is 14.2 Å². The number of hydrogen-bond acceptors (Lipinski definition) is 7. The topological polar surface area (TPSA) is 73.9 Å². The van der Waals surface area contributed by atoms with Crippen molar-refractivity contribution < 1.29 is 28.2 Å². The number of anilines is 1. The Hall–Kier alpha value is -4.04. The van der Waals surface area contributed by atoms with Crippen molar-refractivity contribution in [2.75, 3.05) is 12.4 Å². The van der Waals surface area contributed by atoms with Crippen LogP contribution in [-0.2, 0) is 16.1 Å². The smallest absolute Gasteiger partial charge is 0.346 e. The molecule has 0 bridgehead atoms. The molecule has 0 spiro atoms. The van der Waals surface area contributed by atoms with E-state index >= 15 is 0 Å². The Kier molecular flexibility index (Phi) is 7.95. The molecular formula is C33H32FNO5S. The van der Waals surface area contributed by atoms with E-state index in [1.165, 1.54) is 37.1 Å². The maximum atomic E-state index is 14.1. The number of hydrogen-bond donors (Lipinski definition) is 1. The number of rotatable bonds is 7. The quantitative estimate of drug-likeness (QED) is 0.229. The van der Waals surface area contributed by atoms with Gasteiger partial charge >= 0.3 is 11.9 Å². The number of carbonyl (C=O) groups is 2. The molecule has 0 saturated carbocycles. The summed E-state index contributed by atoms with van der Waals surface area (Å²) >= 11 is 1.53. The van der Waals surface area contributed by atoms with Gasteiger partial charge in [-0.05, 0) is 80.5 Å². The molecule has 2 aliphatic heterocycles. The molecule has 8 heteroatoms. The summed E-state index contributed by atoms with van der Waals surface area (Å²) in [7, 11) is 1.53. The van der Waals surface area contributed by atoms with Gasteiger partial charge in [-0.15, -0.1) is 11.8 Å². The molecule has 0 radical (unpaired) electrons. The SMILES string of the molecule is COc1cc(OC(=O)c2ccccc2F)ccc1-c1ccc2c(c1COC(=O)C1CC=C(C)S1)C(C)=CC(C)(C)N2. The summed E-state index contributed by atoms with van der Waals surface area (Å²) in [6, 6.07) is 14.7. The van der Waals surface area contributed by atoms with Crippen molar-refractivity contribution in [2.24, 2.45) is 0 Å². The Balaban J connectivity index is 1.51. The summed E-state index contributed by atoms with van der Waals surface area (Å²) in [6.07, 6.45) is 4.87. The van der Waals surface area contributed by atoms with Gasteiger partial charge in [0.1, 0.15) is 29.2 Å². The van der Waals surface area contributed by atoms with Crippen LogP contribution in [0, 0.1) is 5.82 Å². The zero-order valence-corrected chi connectivity index (χ0v) is 24.5. The highest BCUT2D eigenvalue weighted by atomic mass is 32.2. The van der Waals surface area contributed by atoms with Crippen LogP contribution in [0.3, 0.4) is 0 Å². The fourth-order valence-corrected chi connectivity index (χ4v) is 6.32. The molecule has 3 aromatic carbocycles. The zero-order valence-electron chi connectivity index (χ0n) is 23.7. The molecule has 212 valence electrons.